The van der Waals surface area contributed by atoms with Gasteiger partial charge in [0.1, 0.15) is 4.90 Å². The molecule has 1 N–H and O–H groups in total. The molecule has 0 heterocycles. The van der Waals surface area contributed by atoms with E-state index in [1.54, 1.807) is 42.5 Å². The van der Waals surface area contributed by atoms with Crippen molar-refractivity contribution in [2.75, 3.05) is 11.6 Å². The van der Waals surface area contributed by atoms with Crippen LogP contribution in [0.5, 0.6) is 0 Å². The number of sulfone groups is 1. The van der Waals surface area contributed by atoms with Crippen molar-refractivity contribution in [3.05, 3.63) is 99.1 Å². The van der Waals surface area contributed by atoms with Crippen molar-refractivity contribution < 1.29 is 27.7 Å². The van der Waals surface area contributed by atoms with E-state index in [0.29, 0.717) is 11.3 Å². The third kappa shape index (κ3) is 5.84. The minimum atomic E-state index is -3.90. The summed E-state index contributed by atoms with van der Waals surface area (Å²) in [5.41, 5.74) is 1.75. The Morgan fingerprint density at radius 2 is 1.59 bits per heavy atom. The fraction of sp³-hybridized carbons (Fsp3) is 0.167. The molecule has 176 valence electrons. The summed E-state index contributed by atoms with van der Waals surface area (Å²) in [7, 11) is -3.90. The van der Waals surface area contributed by atoms with E-state index in [4.69, 9.17) is 4.74 Å². The quantitative estimate of drug-likeness (QED) is 0.304. The minimum absolute atomic E-state index is 0.265. The minimum Gasteiger partial charge on any atom is -0.444 e. The molecule has 0 aliphatic heterocycles. The highest BCUT2D eigenvalue weighted by Gasteiger charge is 2.29. The Hall–Kier alpha value is -4.05. The fourth-order valence-corrected chi connectivity index (χ4v) is 4.26. The van der Waals surface area contributed by atoms with E-state index in [2.05, 4.69) is 5.32 Å². The summed E-state index contributed by atoms with van der Waals surface area (Å²) in [5.74, 6) is -1.64. The monoisotopic (exact) mass is 482 g/mol. The highest BCUT2D eigenvalue weighted by atomic mass is 32.2. The third-order valence-electron chi connectivity index (χ3n) is 4.85. The second kappa shape index (κ2) is 9.84. The van der Waals surface area contributed by atoms with E-state index in [1.165, 1.54) is 0 Å². The van der Waals surface area contributed by atoms with Crippen molar-refractivity contribution in [3.63, 3.8) is 0 Å². The number of nitro groups is 1. The van der Waals surface area contributed by atoms with E-state index < -0.39 is 43.3 Å². The number of carbonyl (C=O) groups is 2. The van der Waals surface area contributed by atoms with E-state index in [0.717, 1.165) is 35.6 Å². The maximum Gasteiger partial charge on any atom is 0.339 e. The molecule has 10 heteroatoms. The summed E-state index contributed by atoms with van der Waals surface area (Å²) in [6.45, 7) is 3.76. The van der Waals surface area contributed by atoms with Crippen LogP contribution in [0.15, 0.2) is 71.6 Å². The number of anilines is 1. The Labute approximate surface area is 196 Å². The first-order valence-corrected chi connectivity index (χ1v) is 12.0. The molecule has 1 amide bonds. The van der Waals surface area contributed by atoms with Crippen LogP contribution in [0.4, 0.5) is 11.4 Å². The van der Waals surface area contributed by atoms with Gasteiger partial charge in [-0.15, -0.1) is 0 Å². The lowest BCUT2D eigenvalue weighted by Crippen LogP contribution is -2.26. The molecule has 3 rings (SSSR count). The average Bonchev–Trinajstić information content (AvgIpc) is 2.76. The normalized spacial score (nSPS) is 12.0. The van der Waals surface area contributed by atoms with Gasteiger partial charge in [0.2, 0.25) is 6.10 Å². The summed E-state index contributed by atoms with van der Waals surface area (Å²) >= 11 is 0. The topological polar surface area (TPSA) is 133 Å². The Morgan fingerprint density at radius 3 is 2.15 bits per heavy atom. The molecule has 3 aromatic rings. The molecular formula is C24H22N2O7S. The second-order valence-electron chi connectivity index (χ2n) is 7.77. The van der Waals surface area contributed by atoms with Gasteiger partial charge in [0, 0.05) is 23.6 Å². The number of nitrogens with one attached hydrogen (secondary N) is 1. The number of hydrogen-bond acceptors (Lipinski definition) is 7. The molecule has 0 spiro atoms. The van der Waals surface area contributed by atoms with Gasteiger partial charge < -0.3 is 10.1 Å². The molecule has 3 aromatic carbocycles. The van der Waals surface area contributed by atoms with Crippen molar-refractivity contribution in [3.8, 4) is 0 Å². The Morgan fingerprint density at radius 1 is 0.971 bits per heavy atom. The van der Waals surface area contributed by atoms with E-state index in [1.807, 2.05) is 19.9 Å². The van der Waals surface area contributed by atoms with Crippen LogP contribution in [0.2, 0.25) is 0 Å². The van der Waals surface area contributed by atoms with Crippen LogP contribution < -0.4 is 5.32 Å². The van der Waals surface area contributed by atoms with Crippen LogP contribution in [0.1, 0.15) is 33.2 Å². The first-order valence-electron chi connectivity index (χ1n) is 10.1. The molecule has 1 atom stereocenters. The molecule has 0 radical (unpaired) electrons. The van der Waals surface area contributed by atoms with Gasteiger partial charge in [0.05, 0.1) is 10.5 Å². The van der Waals surface area contributed by atoms with E-state index in [9.17, 15) is 28.1 Å². The molecule has 34 heavy (non-hydrogen) atoms. The lowest BCUT2D eigenvalue weighted by atomic mass is 10.1. The van der Waals surface area contributed by atoms with Crippen LogP contribution in [0.3, 0.4) is 0 Å². The third-order valence-corrected chi connectivity index (χ3v) is 5.99. The maximum absolute atomic E-state index is 13.1. The van der Waals surface area contributed by atoms with Crippen LogP contribution in [0.25, 0.3) is 0 Å². The molecule has 0 aromatic heterocycles. The van der Waals surface area contributed by atoms with E-state index in [-0.39, 0.29) is 5.56 Å². The zero-order valence-corrected chi connectivity index (χ0v) is 19.5. The van der Waals surface area contributed by atoms with Crippen molar-refractivity contribution in [1.29, 1.82) is 0 Å². The predicted octanol–water partition coefficient (Wildman–Crippen LogP) is 4.15. The summed E-state index contributed by atoms with van der Waals surface area (Å²) in [4.78, 5) is 35.9. The maximum atomic E-state index is 13.1. The van der Waals surface area contributed by atoms with Crippen molar-refractivity contribution >= 4 is 33.1 Å². The van der Waals surface area contributed by atoms with Gasteiger partial charge in [-0.3, -0.25) is 14.9 Å². The summed E-state index contributed by atoms with van der Waals surface area (Å²) < 4.78 is 29.1. The van der Waals surface area contributed by atoms with Crippen LogP contribution in [-0.2, 0) is 19.4 Å². The van der Waals surface area contributed by atoms with Gasteiger partial charge in [-0.25, -0.2) is 13.2 Å². The smallest absolute Gasteiger partial charge is 0.339 e. The highest BCUT2D eigenvalue weighted by Crippen LogP contribution is 2.27. The Kier molecular flexibility index (Phi) is 7.11. The number of benzene rings is 3. The number of aryl methyl sites for hydroxylation is 2. The van der Waals surface area contributed by atoms with Gasteiger partial charge in [-0.2, -0.15) is 0 Å². The molecule has 0 saturated carbocycles. The largest absolute Gasteiger partial charge is 0.444 e. The second-order valence-corrected chi connectivity index (χ2v) is 9.76. The number of nitro benzene ring substituents is 1. The van der Waals surface area contributed by atoms with Crippen LogP contribution in [-0.4, -0.2) is 31.5 Å². The number of rotatable bonds is 7. The molecular weight excluding hydrogens is 460 g/mol. The molecule has 0 unspecified atom stereocenters. The van der Waals surface area contributed by atoms with Gasteiger partial charge in [0.15, 0.2) is 9.84 Å². The average molecular weight is 483 g/mol. The lowest BCUT2D eigenvalue weighted by Gasteiger charge is -2.18. The Bertz CT molecular complexity index is 1350. The predicted molar refractivity (Wildman–Crippen MR) is 125 cm³/mol. The summed E-state index contributed by atoms with van der Waals surface area (Å²) in [6.07, 6.45) is -0.529. The molecule has 0 fully saturated rings. The summed E-state index contributed by atoms with van der Waals surface area (Å²) in [5, 5.41) is 14.1. The number of hydrogen-bond donors (Lipinski definition) is 1. The first-order chi connectivity index (χ1) is 16.0. The van der Waals surface area contributed by atoms with Gasteiger partial charge in [0.25, 0.3) is 11.6 Å². The van der Waals surface area contributed by atoms with Crippen molar-refractivity contribution in [1.82, 2.24) is 0 Å². The fourth-order valence-electron chi connectivity index (χ4n) is 3.43. The van der Waals surface area contributed by atoms with Crippen molar-refractivity contribution in [2.24, 2.45) is 0 Å². The zero-order chi connectivity index (χ0) is 25.0. The van der Waals surface area contributed by atoms with Crippen LogP contribution in [0, 0.1) is 24.0 Å². The number of amides is 1. The zero-order valence-electron chi connectivity index (χ0n) is 18.6. The molecule has 0 aliphatic rings. The number of ether oxygens (including phenoxy) is 1. The molecule has 9 nitrogen and oxygen atoms in total. The van der Waals surface area contributed by atoms with Gasteiger partial charge >= 0.3 is 5.97 Å². The van der Waals surface area contributed by atoms with Gasteiger partial charge in [-0.05, 0) is 49.2 Å². The SMILES string of the molecule is Cc1cc(C)cc(NC(=O)[C@@H](OC(=O)c2ccc(S(C)(=O)=O)c([N+](=O)[O-])c2)c2ccccc2)c1. The van der Waals surface area contributed by atoms with Crippen molar-refractivity contribution in [2.45, 2.75) is 24.8 Å². The molecule has 0 aliphatic carbocycles. The highest BCUT2D eigenvalue weighted by molar-refractivity contribution is 7.90. The number of nitrogens with zero attached hydrogens (tertiary/aromatic N) is 1. The molecule has 0 bridgehead atoms. The summed E-state index contributed by atoms with van der Waals surface area (Å²) in [6, 6.07) is 16.7. The number of esters is 1. The van der Waals surface area contributed by atoms with E-state index >= 15 is 0 Å². The Balaban J connectivity index is 1.94. The number of carbonyl (C=O) groups excluding carboxylic acids is 2. The molecule has 0 saturated heterocycles. The van der Waals surface area contributed by atoms with Gasteiger partial charge in [-0.1, -0.05) is 36.4 Å². The standard InChI is InChI=1S/C24H22N2O7S/c1-15-11-16(2)13-19(12-15)25-23(27)22(17-7-5-4-6-8-17)33-24(28)18-9-10-21(34(3,31)32)20(14-18)26(29)30/h4-14,22H,1-3H3,(H,25,27)/t22-/m0/s1. The first kappa shape index (κ1) is 24.6. The lowest BCUT2D eigenvalue weighted by molar-refractivity contribution is -0.387. The van der Waals surface area contributed by atoms with Crippen LogP contribution >= 0.6 is 0 Å².